The highest BCUT2D eigenvalue weighted by Crippen LogP contribution is 2.40. The molecule has 2 aromatic carbocycles. The van der Waals surface area contributed by atoms with Crippen molar-refractivity contribution < 1.29 is 14.0 Å². The second-order valence-corrected chi connectivity index (χ2v) is 10.9. The Kier molecular flexibility index (Phi) is 8.01. The van der Waals surface area contributed by atoms with Gasteiger partial charge in [-0.05, 0) is 79.1 Å². The summed E-state index contributed by atoms with van der Waals surface area (Å²) in [5.74, 6) is -0.166. The Morgan fingerprint density at radius 3 is 2.65 bits per heavy atom. The molecule has 1 aromatic heterocycles. The number of likely N-dealkylation sites (tertiary alicyclic amines) is 1. The molecule has 40 heavy (non-hydrogen) atoms. The van der Waals surface area contributed by atoms with Crippen LogP contribution in [0.5, 0.6) is 0 Å². The number of halogens is 2. The maximum atomic E-state index is 15.0. The number of nitrogens with two attached hydrogens (primary N) is 1. The lowest BCUT2D eigenvalue weighted by atomic mass is 9.79. The van der Waals surface area contributed by atoms with Crippen LogP contribution in [0, 0.1) is 23.1 Å². The fourth-order valence-electron chi connectivity index (χ4n) is 5.19. The van der Waals surface area contributed by atoms with E-state index in [4.69, 9.17) is 17.3 Å². The van der Waals surface area contributed by atoms with Crippen molar-refractivity contribution in [3.05, 3.63) is 88.3 Å². The highest BCUT2D eigenvalue weighted by Gasteiger charge is 2.36. The summed E-state index contributed by atoms with van der Waals surface area (Å²) in [7, 11) is 0. The molecule has 0 bridgehead atoms. The summed E-state index contributed by atoms with van der Waals surface area (Å²) in [6.45, 7) is 0.377. The van der Waals surface area contributed by atoms with E-state index in [-0.39, 0.29) is 5.69 Å². The van der Waals surface area contributed by atoms with Crippen molar-refractivity contribution in [1.82, 2.24) is 9.88 Å². The molecule has 2 heterocycles. The number of pyridine rings is 1. The Morgan fingerprint density at radius 1 is 1.12 bits per heavy atom. The monoisotopic (exact) mass is 560 g/mol. The van der Waals surface area contributed by atoms with E-state index in [9.17, 15) is 14.9 Å². The quantitative estimate of drug-likeness (QED) is 0.322. The van der Waals surface area contributed by atoms with Gasteiger partial charge in [-0.3, -0.25) is 10.1 Å². The maximum Gasteiger partial charge on any atom is 0.323 e. The number of carbonyl (C=O) groups excluding carboxylic acids is 2. The number of aromatic nitrogens is 1. The van der Waals surface area contributed by atoms with Crippen molar-refractivity contribution >= 4 is 35.0 Å². The number of nitrogens with one attached hydrogen (secondary N) is 2. The highest BCUT2D eigenvalue weighted by atomic mass is 35.5. The number of anilines is 2. The van der Waals surface area contributed by atoms with E-state index in [1.54, 1.807) is 42.5 Å². The number of hydrogen-bond donors (Lipinski definition) is 3. The van der Waals surface area contributed by atoms with Crippen molar-refractivity contribution in [1.29, 1.82) is 5.26 Å². The van der Waals surface area contributed by atoms with E-state index in [0.717, 1.165) is 12.0 Å². The van der Waals surface area contributed by atoms with Gasteiger partial charge in [0.05, 0.1) is 27.9 Å². The molecule has 10 heteroatoms. The number of hydrogen-bond acceptors (Lipinski definition) is 5. The normalized spacial score (nSPS) is 18.1. The molecular formula is C30H30ClFN6O2. The van der Waals surface area contributed by atoms with Gasteiger partial charge in [-0.25, -0.2) is 14.2 Å². The third kappa shape index (κ3) is 6.09. The molecule has 5 rings (SSSR count). The van der Waals surface area contributed by atoms with Crippen LogP contribution in [0.25, 0.3) is 0 Å². The number of urea groups is 1. The molecule has 1 aliphatic carbocycles. The van der Waals surface area contributed by atoms with Crippen molar-refractivity contribution in [3.63, 3.8) is 0 Å². The maximum absolute atomic E-state index is 15.0. The van der Waals surface area contributed by atoms with Gasteiger partial charge in [0.1, 0.15) is 17.7 Å². The lowest BCUT2D eigenvalue weighted by Gasteiger charge is -2.32. The first-order valence-electron chi connectivity index (χ1n) is 13.4. The summed E-state index contributed by atoms with van der Waals surface area (Å²) >= 11 is 5.86. The van der Waals surface area contributed by atoms with Crippen LogP contribution in [-0.2, 0) is 10.3 Å². The molecule has 2 atom stereocenters. The van der Waals surface area contributed by atoms with E-state index in [2.05, 4.69) is 21.7 Å². The first-order chi connectivity index (χ1) is 19.3. The van der Waals surface area contributed by atoms with Crippen LogP contribution in [0.2, 0.25) is 5.02 Å². The lowest BCUT2D eigenvalue weighted by Crippen LogP contribution is -2.45. The minimum absolute atomic E-state index is 0.00758. The summed E-state index contributed by atoms with van der Waals surface area (Å²) < 4.78 is 15.0. The predicted octanol–water partition coefficient (Wildman–Crippen LogP) is 5.77. The Labute approximate surface area is 237 Å². The SMILES string of the molecule is N#Cc1cccc(C(N)(CCC2CC2)c2ccc(F)c(NC(=O)[C@H]3CCCN3C(=O)Nc3ccc(Cl)cn3)c2)c1. The first-order valence-corrected chi connectivity index (χ1v) is 13.7. The molecule has 3 aromatic rings. The molecular weight excluding hydrogens is 531 g/mol. The van der Waals surface area contributed by atoms with E-state index in [1.807, 2.05) is 6.07 Å². The first kappa shape index (κ1) is 27.6. The number of carbonyl (C=O) groups is 2. The fraction of sp³-hybridized carbons (Fsp3) is 0.333. The molecule has 0 radical (unpaired) electrons. The van der Waals surface area contributed by atoms with E-state index in [0.29, 0.717) is 53.7 Å². The number of nitriles is 1. The van der Waals surface area contributed by atoms with Gasteiger partial charge in [-0.15, -0.1) is 0 Å². The average molecular weight is 561 g/mol. The molecule has 3 amide bonds. The third-order valence-corrected chi connectivity index (χ3v) is 7.89. The van der Waals surface area contributed by atoms with Gasteiger partial charge in [0.15, 0.2) is 0 Å². The third-order valence-electron chi connectivity index (χ3n) is 7.67. The van der Waals surface area contributed by atoms with Gasteiger partial charge in [-0.2, -0.15) is 5.26 Å². The molecule has 0 spiro atoms. The minimum Gasteiger partial charge on any atom is -0.322 e. The van der Waals surface area contributed by atoms with Gasteiger partial charge >= 0.3 is 6.03 Å². The smallest absolute Gasteiger partial charge is 0.322 e. The second-order valence-electron chi connectivity index (χ2n) is 10.5. The zero-order chi connectivity index (χ0) is 28.3. The summed E-state index contributed by atoms with van der Waals surface area (Å²) in [6, 6.07) is 15.7. The van der Waals surface area contributed by atoms with Crippen LogP contribution in [0.3, 0.4) is 0 Å². The lowest BCUT2D eigenvalue weighted by molar-refractivity contribution is -0.119. The van der Waals surface area contributed by atoms with Crippen LogP contribution < -0.4 is 16.4 Å². The molecule has 2 fully saturated rings. The Balaban J connectivity index is 1.36. The van der Waals surface area contributed by atoms with Crippen LogP contribution in [-0.4, -0.2) is 34.4 Å². The summed E-state index contributed by atoms with van der Waals surface area (Å²) in [5, 5.41) is 15.2. The molecule has 1 aliphatic heterocycles. The number of rotatable bonds is 8. The summed E-state index contributed by atoms with van der Waals surface area (Å²) in [5.41, 5.74) is 7.93. The molecule has 206 valence electrons. The van der Waals surface area contributed by atoms with Gasteiger partial charge in [0, 0.05) is 12.7 Å². The van der Waals surface area contributed by atoms with E-state index >= 15 is 4.39 Å². The van der Waals surface area contributed by atoms with Crippen LogP contribution in [0.1, 0.15) is 55.2 Å². The van der Waals surface area contributed by atoms with Crippen molar-refractivity contribution in [2.24, 2.45) is 11.7 Å². The van der Waals surface area contributed by atoms with Gasteiger partial charge in [0.25, 0.3) is 0 Å². The van der Waals surface area contributed by atoms with Crippen molar-refractivity contribution in [2.45, 2.75) is 50.1 Å². The molecule has 1 unspecified atom stereocenters. The highest BCUT2D eigenvalue weighted by molar-refractivity contribution is 6.30. The largest absolute Gasteiger partial charge is 0.323 e. The van der Waals surface area contributed by atoms with Crippen LogP contribution in [0.15, 0.2) is 60.8 Å². The minimum atomic E-state index is -0.979. The number of nitrogens with zero attached hydrogens (tertiary/aromatic N) is 3. The standard InChI is InChI=1S/C30H30ClFN6O2/c31-23-9-11-27(35-18-23)37-29(40)38-14-2-5-26(38)28(39)36-25-16-22(8-10-24(25)32)30(34,13-12-19-6-7-19)21-4-1-3-20(15-21)17-33/h1,3-4,8-11,15-16,18-19,26H,2,5-7,12-14,34H2,(H,36,39)(H,35,37,40)/t26-,30?/m1/s1. The Morgan fingerprint density at radius 2 is 1.93 bits per heavy atom. The molecule has 2 aliphatic rings. The molecule has 4 N–H and O–H groups in total. The topological polar surface area (TPSA) is 124 Å². The summed E-state index contributed by atoms with van der Waals surface area (Å²) in [4.78, 5) is 31.7. The van der Waals surface area contributed by atoms with Crippen LogP contribution in [0.4, 0.5) is 20.7 Å². The molecule has 8 nitrogen and oxygen atoms in total. The van der Waals surface area contributed by atoms with Crippen molar-refractivity contribution in [3.8, 4) is 6.07 Å². The zero-order valence-corrected chi connectivity index (χ0v) is 22.6. The summed E-state index contributed by atoms with van der Waals surface area (Å²) in [6.07, 6.45) is 6.33. The van der Waals surface area contributed by atoms with Gasteiger partial charge in [0.2, 0.25) is 5.91 Å². The molecule has 1 saturated heterocycles. The zero-order valence-electron chi connectivity index (χ0n) is 21.9. The van der Waals surface area contributed by atoms with E-state index in [1.165, 1.54) is 30.0 Å². The molecule has 1 saturated carbocycles. The van der Waals surface area contributed by atoms with Crippen molar-refractivity contribution in [2.75, 3.05) is 17.2 Å². The number of benzene rings is 2. The number of amides is 3. The van der Waals surface area contributed by atoms with Crippen LogP contribution >= 0.6 is 11.6 Å². The predicted molar refractivity (Wildman–Crippen MR) is 151 cm³/mol. The average Bonchev–Trinajstić information content (AvgIpc) is 3.66. The van der Waals surface area contributed by atoms with Gasteiger partial charge in [-0.1, -0.05) is 42.6 Å². The Bertz CT molecular complexity index is 1460. The fourth-order valence-corrected chi connectivity index (χ4v) is 5.30. The Hall–Kier alpha value is -4.00. The second kappa shape index (κ2) is 11.6. The van der Waals surface area contributed by atoms with E-state index < -0.39 is 29.3 Å². The van der Waals surface area contributed by atoms with Gasteiger partial charge < -0.3 is 16.0 Å².